The zero-order valence-corrected chi connectivity index (χ0v) is 15.4. The Morgan fingerprint density at radius 3 is 2.56 bits per heavy atom. The molecule has 0 saturated heterocycles. The number of fused-ring (bicyclic) bond motifs is 1. The number of carbonyl (C=O) groups is 1. The van der Waals surface area contributed by atoms with Gasteiger partial charge in [0.05, 0.1) is 5.69 Å². The molecule has 0 aliphatic heterocycles. The number of benzene rings is 1. The van der Waals surface area contributed by atoms with E-state index in [1.165, 1.54) is 5.56 Å². The van der Waals surface area contributed by atoms with Crippen LogP contribution in [0.5, 0.6) is 5.75 Å². The highest BCUT2D eigenvalue weighted by molar-refractivity contribution is 5.93. The topological polar surface area (TPSA) is 64.4 Å². The van der Waals surface area contributed by atoms with E-state index < -0.39 is 6.10 Å². The molecule has 1 amide bonds. The van der Waals surface area contributed by atoms with Gasteiger partial charge in [-0.05, 0) is 55.7 Å². The molecule has 0 bridgehead atoms. The van der Waals surface area contributed by atoms with E-state index in [0.29, 0.717) is 11.6 Å². The van der Waals surface area contributed by atoms with Crippen molar-refractivity contribution in [1.82, 2.24) is 5.16 Å². The number of carbonyl (C=O) groups excluding carboxylic acids is 1. The summed E-state index contributed by atoms with van der Waals surface area (Å²) in [4.78, 5) is 12.4. The maximum Gasteiger partial charge on any atom is 0.267 e. The van der Waals surface area contributed by atoms with Crippen LogP contribution in [0.4, 0.5) is 5.88 Å². The number of rotatable bonds is 4. The minimum absolute atomic E-state index is 0.0902. The first kappa shape index (κ1) is 17.5. The van der Waals surface area contributed by atoms with E-state index in [1.54, 1.807) is 6.92 Å². The molecule has 1 atom stereocenters. The van der Waals surface area contributed by atoms with Crippen molar-refractivity contribution in [3.63, 3.8) is 0 Å². The molecule has 0 fully saturated rings. The molecule has 0 saturated carbocycles. The summed E-state index contributed by atoms with van der Waals surface area (Å²) in [5, 5.41) is 6.87. The SMILES string of the molecule is C[C@H](Oc1ccc(C(C)(C)C)cc1)C(=O)Nc1onc2c1CCCC2. The molecular weight excluding hydrogens is 316 g/mol. The first-order chi connectivity index (χ1) is 11.8. The lowest BCUT2D eigenvalue weighted by Crippen LogP contribution is -2.30. The summed E-state index contributed by atoms with van der Waals surface area (Å²) < 4.78 is 11.1. The van der Waals surface area contributed by atoms with E-state index in [9.17, 15) is 4.79 Å². The van der Waals surface area contributed by atoms with Crippen LogP contribution >= 0.6 is 0 Å². The lowest BCUT2D eigenvalue weighted by molar-refractivity contribution is -0.122. The highest BCUT2D eigenvalue weighted by Gasteiger charge is 2.23. The van der Waals surface area contributed by atoms with Crippen molar-refractivity contribution in [1.29, 1.82) is 0 Å². The third kappa shape index (κ3) is 4.03. The molecule has 0 radical (unpaired) electrons. The van der Waals surface area contributed by atoms with Gasteiger partial charge in [-0.15, -0.1) is 0 Å². The van der Waals surface area contributed by atoms with Gasteiger partial charge in [0.2, 0.25) is 5.88 Å². The van der Waals surface area contributed by atoms with Crippen LogP contribution in [-0.4, -0.2) is 17.2 Å². The molecule has 2 aromatic rings. The molecule has 1 heterocycles. The summed E-state index contributed by atoms with van der Waals surface area (Å²) in [6.45, 7) is 8.22. The van der Waals surface area contributed by atoms with Crippen LogP contribution < -0.4 is 10.1 Å². The Balaban J connectivity index is 1.62. The second-order valence-corrected chi connectivity index (χ2v) is 7.67. The fraction of sp³-hybridized carbons (Fsp3) is 0.500. The number of nitrogens with one attached hydrogen (secondary N) is 1. The molecule has 1 N–H and O–H groups in total. The second-order valence-electron chi connectivity index (χ2n) is 7.67. The average Bonchev–Trinajstić information content (AvgIpc) is 2.97. The van der Waals surface area contributed by atoms with Crippen LogP contribution in [0.3, 0.4) is 0 Å². The molecule has 5 nitrogen and oxygen atoms in total. The van der Waals surface area contributed by atoms with Crippen LogP contribution in [0, 0.1) is 0 Å². The number of nitrogens with zero attached hydrogens (tertiary/aromatic N) is 1. The maximum atomic E-state index is 12.4. The third-order valence-electron chi connectivity index (χ3n) is 4.60. The largest absolute Gasteiger partial charge is 0.481 e. The smallest absolute Gasteiger partial charge is 0.267 e. The van der Waals surface area contributed by atoms with E-state index in [-0.39, 0.29) is 11.3 Å². The van der Waals surface area contributed by atoms with E-state index in [2.05, 4.69) is 31.2 Å². The van der Waals surface area contributed by atoms with Crippen LogP contribution in [0.25, 0.3) is 0 Å². The molecule has 1 aliphatic carbocycles. The number of amides is 1. The van der Waals surface area contributed by atoms with Gasteiger partial charge >= 0.3 is 0 Å². The quantitative estimate of drug-likeness (QED) is 0.902. The molecule has 0 spiro atoms. The zero-order valence-electron chi connectivity index (χ0n) is 15.4. The normalized spacial score (nSPS) is 15.4. The van der Waals surface area contributed by atoms with Crippen LogP contribution in [0.1, 0.15) is 57.4 Å². The predicted octanol–water partition coefficient (Wildman–Crippen LogP) is 4.26. The van der Waals surface area contributed by atoms with E-state index >= 15 is 0 Å². The Kier molecular flexibility index (Phi) is 4.84. The van der Waals surface area contributed by atoms with Gasteiger partial charge in [0.1, 0.15) is 5.75 Å². The van der Waals surface area contributed by atoms with Crippen molar-refractivity contribution in [2.24, 2.45) is 0 Å². The third-order valence-corrected chi connectivity index (χ3v) is 4.60. The van der Waals surface area contributed by atoms with Crippen molar-refractivity contribution in [2.45, 2.75) is 64.9 Å². The summed E-state index contributed by atoms with van der Waals surface area (Å²) >= 11 is 0. The lowest BCUT2D eigenvalue weighted by Gasteiger charge is -2.20. The van der Waals surface area contributed by atoms with Crippen LogP contribution in [0.2, 0.25) is 0 Å². The molecular formula is C20H26N2O3. The Bertz CT molecular complexity index is 741. The highest BCUT2D eigenvalue weighted by atomic mass is 16.5. The number of aryl methyl sites for hydroxylation is 1. The summed E-state index contributed by atoms with van der Waals surface area (Å²) in [5.74, 6) is 0.915. The average molecular weight is 342 g/mol. The molecule has 1 aliphatic rings. The first-order valence-corrected chi connectivity index (χ1v) is 8.90. The van der Waals surface area contributed by atoms with Crippen molar-refractivity contribution < 1.29 is 14.1 Å². The van der Waals surface area contributed by atoms with Gasteiger partial charge in [-0.1, -0.05) is 38.1 Å². The summed E-state index contributed by atoms with van der Waals surface area (Å²) in [5.41, 5.74) is 3.31. The number of hydrogen-bond acceptors (Lipinski definition) is 4. The minimum atomic E-state index is -0.621. The number of ether oxygens (including phenoxy) is 1. The predicted molar refractivity (Wildman–Crippen MR) is 97.0 cm³/mol. The maximum absolute atomic E-state index is 12.4. The standard InChI is InChI=1S/C20H26N2O3/c1-13(24-15-11-9-14(10-12-15)20(2,3)4)18(23)21-19-16-7-5-6-8-17(16)22-25-19/h9-13H,5-8H2,1-4H3,(H,21,23)/t13-/m0/s1. The van der Waals surface area contributed by atoms with Gasteiger partial charge in [-0.3, -0.25) is 10.1 Å². The summed E-state index contributed by atoms with van der Waals surface area (Å²) in [6, 6.07) is 7.88. The Labute approximate surface area is 148 Å². The van der Waals surface area contributed by atoms with E-state index in [4.69, 9.17) is 9.26 Å². The Hall–Kier alpha value is -2.30. The zero-order chi connectivity index (χ0) is 18.0. The van der Waals surface area contributed by atoms with Gasteiger partial charge in [0.25, 0.3) is 5.91 Å². The number of hydrogen-bond donors (Lipinski definition) is 1. The monoisotopic (exact) mass is 342 g/mol. The molecule has 134 valence electrons. The fourth-order valence-electron chi connectivity index (χ4n) is 2.99. The van der Waals surface area contributed by atoms with Crippen molar-refractivity contribution in [2.75, 3.05) is 5.32 Å². The molecule has 0 unspecified atom stereocenters. The van der Waals surface area contributed by atoms with Crippen molar-refractivity contribution in [3.05, 3.63) is 41.1 Å². The van der Waals surface area contributed by atoms with Gasteiger partial charge in [0.15, 0.2) is 6.10 Å². The summed E-state index contributed by atoms with van der Waals surface area (Å²) in [6.07, 6.45) is 3.42. The minimum Gasteiger partial charge on any atom is -0.481 e. The molecule has 1 aromatic carbocycles. The lowest BCUT2D eigenvalue weighted by atomic mass is 9.87. The Morgan fingerprint density at radius 2 is 1.88 bits per heavy atom. The fourth-order valence-corrected chi connectivity index (χ4v) is 2.99. The molecule has 1 aromatic heterocycles. The van der Waals surface area contributed by atoms with Crippen molar-refractivity contribution >= 4 is 11.8 Å². The van der Waals surface area contributed by atoms with Crippen LogP contribution in [0.15, 0.2) is 28.8 Å². The highest BCUT2D eigenvalue weighted by Crippen LogP contribution is 2.28. The Morgan fingerprint density at radius 1 is 1.20 bits per heavy atom. The van der Waals surface area contributed by atoms with Crippen molar-refractivity contribution in [3.8, 4) is 5.75 Å². The van der Waals surface area contributed by atoms with Gasteiger partial charge < -0.3 is 9.26 Å². The van der Waals surface area contributed by atoms with Gasteiger partial charge in [-0.2, -0.15) is 0 Å². The van der Waals surface area contributed by atoms with Gasteiger partial charge in [-0.25, -0.2) is 0 Å². The van der Waals surface area contributed by atoms with Gasteiger partial charge in [0, 0.05) is 5.56 Å². The number of anilines is 1. The second kappa shape index (κ2) is 6.90. The van der Waals surface area contributed by atoms with E-state index in [0.717, 1.165) is 36.9 Å². The van der Waals surface area contributed by atoms with E-state index in [1.807, 2.05) is 24.3 Å². The molecule has 5 heteroatoms. The molecule has 3 rings (SSSR count). The summed E-state index contributed by atoms with van der Waals surface area (Å²) in [7, 11) is 0. The number of aromatic nitrogens is 1. The molecule has 25 heavy (non-hydrogen) atoms. The first-order valence-electron chi connectivity index (χ1n) is 8.90. The van der Waals surface area contributed by atoms with Crippen LogP contribution in [-0.2, 0) is 23.1 Å².